The maximum absolute atomic E-state index is 11.9. The van der Waals surface area contributed by atoms with Crippen molar-refractivity contribution in [1.29, 1.82) is 0 Å². The van der Waals surface area contributed by atoms with Crippen LogP contribution >= 0.6 is 0 Å². The number of hydrogen-bond acceptors (Lipinski definition) is 3. The first-order chi connectivity index (χ1) is 9.24. The molecule has 1 heterocycles. The smallest absolute Gasteiger partial charge is 0.389 e. The van der Waals surface area contributed by atoms with Crippen molar-refractivity contribution >= 4 is 10.2 Å². The van der Waals surface area contributed by atoms with Crippen molar-refractivity contribution in [3.63, 3.8) is 0 Å². The Morgan fingerprint density at radius 2 is 1.80 bits per heavy atom. The van der Waals surface area contributed by atoms with Gasteiger partial charge in [-0.2, -0.15) is 25.9 Å². The van der Waals surface area contributed by atoms with Gasteiger partial charge in [-0.1, -0.05) is 0 Å². The molecular weight excluding hydrogens is 297 g/mol. The van der Waals surface area contributed by atoms with E-state index in [0.29, 0.717) is 25.9 Å². The van der Waals surface area contributed by atoms with E-state index in [1.54, 1.807) is 0 Å². The number of alkyl halides is 3. The Balaban J connectivity index is 2.25. The molecule has 0 bridgehead atoms. The molecule has 0 amide bonds. The summed E-state index contributed by atoms with van der Waals surface area (Å²) < 4.78 is 63.1. The molecule has 2 N–H and O–H groups in total. The van der Waals surface area contributed by atoms with Crippen molar-refractivity contribution in [2.24, 2.45) is 5.92 Å². The lowest BCUT2D eigenvalue weighted by Crippen LogP contribution is -2.45. The zero-order chi connectivity index (χ0) is 15.2. The van der Waals surface area contributed by atoms with Gasteiger partial charge in [0.1, 0.15) is 0 Å². The van der Waals surface area contributed by atoms with E-state index in [2.05, 4.69) is 4.72 Å². The predicted octanol–water partition coefficient (Wildman–Crippen LogP) is 1.26. The van der Waals surface area contributed by atoms with Crippen LogP contribution in [0.2, 0.25) is 0 Å². The van der Waals surface area contributed by atoms with E-state index in [1.807, 2.05) is 0 Å². The monoisotopic (exact) mass is 318 g/mol. The molecule has 0 atom stereocenters. The summed E-state index contributed by atoms with van der Waals surface area (Å²) in [6, 6.07) is 0. The average Bonchev–Trinajstić information content (AvgIpc) is 2.37. The normalized spacial score (nSPS) is 19.4. The van der Waals surface area contributed by atoms with E-state index in [9.17, 15) is 21.6 Å². The highest BCUT2D eigenvalue weighted by molar-refractivity contribution is 7.87. The fourth-order valence-electron chi connectivity index (χ4n) is 2.08. The second kappa shape index (κ2) is 7.58. The van der Waals surface area contributed by atoms with Crippen LogP contribution in [0.1, 0.15) is 32.1 Å². The highest BCUT2D eigenvalue weighted by atomic mass is 32.2. The Hall–Kier alpha value is -0.380. The Labute approximate surface area is 117 Å². The molecule has 0 unspecified atom stereocenters. The molecule has 9 heteroatoms. The molecular formula is C11H21F3N2O3S. The standard InChI is InChI=1S/C11H21F3N2O3S/c12-11(13,14)5-1-2-6-15-20(18,19)16-7-3-10(9-17)4-8-16/h10,15,17H,1-9H2. The lowest BCUT2D eigenvalue weighted by molar-refractivity contribution is -0.135. The summed E-state index contributed by atoms with van der Waals surface area (Å²) in [4.78, 5) is 0. The van der Waals surface area contributed by atoms with Gasteiger partial charge in [-0.15, -0.1) is 0 Å². The van der Waals surface area contributed by atoms with Gasteiger partial charge in [-0.3, -0.25) is 0 Å². The van der Waals surface area contributed by atoms with E-state index < -0.39 is 22.8 Å². The third-order valence-corrected chi connectivity index (χ3v) is 4.96. The average molecular weight is 318 g/mol. The van der Waals surface area contributed by atoms with E-state index in [0.717, 1.165) is 0 Å². The van der Waals surface area contributed by atoms with Crippen LogP contribution in [-0.2, 0) is 10.2 Å². The Bertz CT molecular complexity index is 379. The summed E-state index contributed by atoms with van der Waals surface area (Å²) >= 11 is 0. The number of nitrogens with one attached hydrogen (secondary N) is 1. The van der Waals surface area contributed by atoms with Crippen LogP contribution in [0.15, 0.2) is 0 Å². The summed E-state index contributed by atoms with van der Waals surface area (Å²) in [5, 5.41) is 8.97. The number of hydrogen-bond donors (Lipinski definition) is 2. The molecule has 0 aromatic carbocycles. The second-order valence-corrected chi connectivity index (χ2v) is 6.75. The molecule has 20 heavy (non-hydrogen) atoms. The van der Waals surface area contributed by atoms with Crippen LogP contribution in [0.3, 0.4) is 0 Å². The fourth-order valence-corrected chi connectivity index (χ4v) is 3.35. The van der Waals surface area contributed by atoms with Crippen molar-refractivity contribution in [2.75, 3.05) is 26.2 Å². The summed E-state index contributed by atoms with van der Waals surface area (Å²) in [7, 11) is -3.61. The van der Waals surface area contributed by atoms with E-state index in [1.165, 1.54) is 4.31 Å². The summed E-state index contributed by atoms with van der Waals surface area (Å²) in [6.45, 7) is 0.739. The maximum atomic E-state index is 11.9. The van der Waals surface area contributed by atoms with E-state index >= 15 is 0 Å². The van der Waals surface area contributed by atoms with Gasteiger partial charge in [-0.25, -0.2) is 4.72 Å². The Kier molecular flexibility index (Phi) is 6.70. The number of rotatable bonds is 7. The minimum Gasteiger partial charge on any atom is -0.396 e. The van der Waals surface area contributed by atoms with Crippen LogP contribution in [0.5, 0.6) is 0 Å². The summed E-state index contributed by atoms with van der Waals surface area (Å²) in [5.74, 6) is 0.133. The van der Waals surface area contributed by atoms with Crippen LogP contribution in [0.25, 0.3) is 0 Å². The maximum Gasteiger partial charge on any atom is 0.389 e. The topological polar surface area (TPSA) is 69.6 Å². The molecule has 1 rings (SSSR count). The number of nitrogens with zero attached hydrogens (tertiary/aromatic N) is 1. The lowest BCUT2D eigenvalue weighted by Gasteiger charge is -2.30. The zero-order valence-electron chi connectivity index (χ0n) is 11.2. The second-order valence-electron chi connectivity index (χ2n) is 5.00. The Morgan fingerprint density at radius 3 is 2.30 bits per heavy atom. The van der Waals surface area contributed by atoms with Gasteiger partial charge in [0.15, 0.2) is 0 Å². The van der Waals surface area contributed by atoms with E-state index in [-0.39, 0.29) is 31.9 Å². The molecule has 0 aromatic rings. The van der Waals surface area contributed by atoms with Gasteiger partial charge in [0.2, 0.25) is 0 Å². The molecule has 0 radical (unpaired) electrons. The molecule has 1 aliphatic rings. The van der Waals surface area contributed by atoms with Crippen LogP contribution in [0, 0.1) is 5.92 Å². The van der Waals surface area contributed by atoms with Crippen LogP contribution in [0.4, 0.5) is 13.2 Å². The molecule has 0 aliphatic carbocycles. The van der Waals surface area contributed by atoms with Crippen LogP contribution < -0.4 is 4.72 Å². The molecule has 0 saturated carbocycles. The SMILES string of the molecule is O=S(=O)(NCCCCC(F)(F)F)N1CCC(CO)CC1. The largest absolute Gasteiger partial charge is 0.396 e. The third-order valence-electron chi connectivity index (χ3n) is 3.34. The number of unbranched alkanes of at least 4 members (excludes halogenated alkanes) is 1. The number of piperidine rings is 1. The summed E-state index contributed by atoms with van der Waals surface area (Å²) in [6.07, 6.45) is -3.80. The summed E-state index contributed by atoms with van der Waals surface area (Å²) in [5.41, 5.74) is 0. The van der Waals surface area contributed by atoms with Crippen molar-refractivity contribution in [2.45, 2.75) is 38.3 Å². The van der Waals surface area contributed by atoms with Crippen molar-refractivity contribution in [3.8, 4) is 0 Å². The first kappa shape index (κ1) is 17.7. The quantitative estimate of drug-likeness (QED) is 0.694. The van der Waals surface area contributed by atoms with E-state index in [4.69, 9.17) is 5.11 Å². The minimum absolute atomic E-state index is 0.0122. The molecule has 1 saturated heterocycles. The highest BCUT2D eigenvalue weighted by Gasteiger charge is 2.28. The van der Waals surface area contributed by atoms with Gasteiger partial charge in [0.25, 0.3) is 10.2 Å². The third kappa shape index (κ3) is 6.38. The molecule has 5 nitrogen and oxygen atoms in total. The van der Waals surface area contributed by atoms with Gasteiger partial charge < -0.3 is 5.11 Å². The van der Waals surface area contributed by atoms with Gasteiger partial charge in [0.05, 0.1) is 0 Å². The first-order valence-corrected chi connectivity index (χ1v) is 8.11. The zero-order valence-corrected chi connectivity index (χ0v) is 12.0. The van der Waals surface area contributed by atoms with Crippen LogP contribution in [-0.4, -0.2) is 50.2 Å². The van der Waals surface area contributed by atoms with Crippen molar-refractivity contribution in [1.82, 2.24) is 9.03 Å². The van der Waals surface area contributed by atoms with Crippen molar-refractivity contribution < 1.29 is 26.7 Å². The number of aliphatic hydroxyl groups is 1. The number of halogens is 3. The molecule has 0 aromatic heterocycles. The first-order valence-electron chi connectivity index (χ1n) is 6.67. The molecule has 1 fully saturated rings. The van der Waals surface area contributed by atoms with Gasteiger partial charge in [-0.05, 0) is 31.6 Å². The van der Waals surface area contributed by atoms with Gasteiger partial charge in [0, 0.05) is 32.7 Å². The molecule has 120 valence electrons. The number of aliphatic hydroxyl groups excluding tert-OH is 1. The van der Waals surface area contributed by atoms with Gasteiger partial charge >= 0.3 is 6.18 Å². The predicted molar refractivity (Wildman–Crippen MR) is 68.2 cm³/mol. The highest BCUT2D eigenvalue weighted by Crippen LogP contribution is 2.22. The molecule has 1 aliphatic heterocycles. The molecule has 0 spiro atoms. The fraction of sp³-hybridized carbons (Fsp3) is 1.00. The van der Waals surface area contributed by atoms with Crippen molar-refractivity contribution in [3.05, 3.63) is 0 Å². The Morgan fingerprint density at radius 1 is 1.20 bits per heavy atom. The minimum atomic E-state index is -4.19. The lowest BCUT2D eigenvalue weighted by atomic mass is 10.00.